The molecule has 0 saturated heterocycles. The lowest BCUT2D eigenvalue weighted by Crippen LogP contribution is -2.21. The number of hydrogen-bond acceptors (Lipinski definition) is 10. The van der Waals surface area contributed by atoms with E-state index in [4.69, 9.17) is 22.4 Å². The molecule has 56 heavy (non-hydrogen) atoms. The van der Waals surface area contributed by atoms with Crippen LogP contribution in [0.3, 0.4) is 0 Å². The predicted octanol–water partition coefficient (Wildman–Crippen LogP) is 10.5. The molecular formula is C41H27F3O7S5. The van der Waals surface area contributed by atoms with Crippen LogP contribution in [-0.2, 0) is 21.0 Å². The van der Waals surface area contributed by atoms with Crippen LogP contribution in [0.2, 0.25) is 0 Å². The maximum atomic E-state index is 13.7. The number of ether oxygens (including phenoxy) is 2. The molecule has 0 aliphatic rings. The van der Waals surface area contributed by atoms with Gasteiger partial charge in [0.05, 0.1) is 14.2 Å². The summed E-state index contributed by atoms with van der Waals surface area (Å²) in [6.45, 7) is 0. The van der Waals surface area contributed by atoms with E-state index in [-0.39, 0.29) is 10.9 Å². The third-order valence-corrected chi connectivity index (χ3v) is 14.6. The molecular weight excluding hydrogens is 822 g/mol. The van der Waals surface area contributed by atoms with E-state index in [9.17, 15) is 22.8 Å². The number of alkyl halides is 3. The van der Waals surface area contributed by atoms with E-state index in [1.165, 1.54) is 0 Å². The van der Waals surface area contributed by atoms with E-state index in [1.807, 2.05) is 78.9 Å². The molecule has 0 aliphatic heterocycles. The van der Waals surface area contributed by atoms with Crippen molar-refractivity contribution >= 4 is 95.8 Å². The fraction of sp³-hybridized carbons (Fsp3) is 0.0732. The number of benzene rings is 6. The van der Waals surface area contributed by atoms with E-state index in [0.717, 1.165) is 70.9 Å². The third-order valence-electron chi connectivity index (χ3n) is 8.48. The Balaban J connectivity index is 0.000000544. The first-order chi connectivity index (χ1) is 26.7. The fourth-order valence-electron chi connectivity index (χ4n) is 5.89. The highest BCUT2D eigenvalue weighted by atomic mass is 32.2. The van der Waals surface area contributed by atoms with Gasteiger partial charge in [-0.1, -0.05) is 42.1 Å². The molecule has 0 amide bonds. The molecule has 2 aromatic heterocycles. The third kappa shape index (κ3) is 8.01. The maximum Gasteiger partial charge on any atom is 0.485 e. The van der Waals surface area contributed by atoms with Gasteiger partial charge < -0.3 is 14.0 Å². The zero-order chi connectivity index (χ0) is 39.8. The van der Waals surface area contributed by atoms with Gasteiger partial charge in [0.15, 0.2) is 36.5 Å². The van der Waals surface area contributed by atoms with Crippen molar-refractivity contribution in [1.82, 2.24) is 0 Å². The largest absolute Gasteiger partial charge is 0.741 e. The molecule has 0 aliphatic carbocycles. The van der Waals surface area contributed by atoms with Gasteiger partial charge in [0.2, 0.25) is 4.90 Å². The van der Waals surface area contributed by atoms with Crippen molar-refractivity contribution in [2.24, 2.45) is 0 Å². The van der Waals surface area contributed by atoms with Crippen LogP contribution in [-0.4, -0.2) is 32.7 Å². The van der Waals surface area contributed by atoms with Gasteiger partial charge in [-0.15, -0.1) is 22.7 Å². The minimum absolute atomic E-state index is 0.0412. The quantitative estimate of drug-likeness (QED) is 0.0675. The number of fused-ring (bicyclic) bond motifs is 4. The SMILES string of the molecule is COc1cccc([S+](c2ccc3sc4ccccc4c(=O)c3c2)c2ccc(Sc3ccc4sc5ccccc5c(=O)c4c3)cc2OC)c1.O=S(=O)([O-])C(F)(F)F. The highest BCUT2D eigenvalue weighted by molar-refractivity contribution is 7.99. The van der Waals surface area contributed by atoms with Crippen molar-refractivity contribution < 1.29 is 35.6 Å². The smallest absolute Gasteiger partial charge is 0.485 e. The van der Waals surface area contributed by atoms with Crippen LogP contribution in [0.4, 0.5) is 13.2 Å². The molecule has 15 heteroatoms. The summed E-state index contributed by atoms with van der Waals surface area (Å²) in [4.78, 5) is 32.1. The molecule has 2 heterocycles. The van der Waals surface area contributed by atoms with Gasteiger partial charge >= 0.3 is 5.51 Å². The second-order valence-corrected chi connectivity index (χ2v) is 18.7. The molecule has 0 fully saturated rings. The first-order valence-electron chi connectivity index (χ1n) is 16.4. The number of rotatable bonds is 7. The van der Waals surface area contributed by atoms with Crippen LogP contribution >= 0.6 is 34.4 Å². The van der Waals surface area contributed by atoms with Crippen LogP contribution in [0, 0.1) is 0 Å². The first-order valence-corrected chi connectivity index (χ1v) is 21.5. The predicted molar refractivity (Wildman–Crippen MR) is 219 cm³/mol. The molecule has 284 valence electrons. The summed E-state index contributed by atoms with van der Waals surface area (Å²) in [6, 6.07) is 42.2. The minimum atomic E-state index is -6.09. The Kier molecular flexibility index (Phi) is 11.2. The minimum Gasteiger partial charge on any atom is -0.741 e. The van der Waals surface area contributed by atoms with E-state index in [1.54, 1.807) is 48.7 Å². The van der Waals surface area contributed by atoms with Crippen LogP contribution in [0.15, 0.2) is 161 Å². The van der Waals surface area contributed by atoms with Crippen molar-refractivity contribution in [3.63, 3.8) is 0 Å². The highest BCUT2D eigenvalue weighted by Crippen LogP contribution is 2.42. The molecule has 0 bridgehead atoms. The molecule has 0 N–H and O–H groups in total. The summed E-state index contributed by atoms with van der Waals surface area (Å²) >= 11 is 4.87. The average molecular weight is 849 g/mol. The van der Waals surface area contributed by atoms with Gasteiger partial charge in [0, 0.05) is 62.3 Å². The van der Waals surface area contributed by atoms with Crippen molar-refractivity contribution in [1.29, 1.82) is 0 Å². The Labute approximate surface area is 333 Å². The monoisotopic (exact) mass is 848 g/mol. The summed E-state index contributed by atoms with van der Waals surface area (Å²) in [7, 11) is -3.35. The Morgan fingerprint density at radius 3 is 1.71 bits per heavy atom. The Bertz CT molecular complexity index is 3020. The van der Waals surface area contributed by atoms with Crippen molar-refractivity contribution in [3.05, 3.63) is 148 Å². The molecule has 0 spiro atoms. The normalized spacial score (nSPS) is 12.4. The molecule has 0 saturated carbocycles. The molecule has 1 atom stereocenters. The zero-order valence-corrected chi connectivity index (χ0v) is 33.2. The second kappa shape index (κ2) is 15.9. The number of methoxy groups -OCH3 is 2. The van der Waals surface area contributed by atoms with Crippen LogP contribution in [0.5, 0.6) is 11.5 Å². The molecule has 1 unspecified atom stereocenters. The summed E-state index contributed by atoms with van der Waals surface area (Å²) in [5, 5.41) is 2.93. The van der Waals surface area contributed by atoms with Gasteiger partial charge in [0.1, 0.15) is 16.6 Å². The van der Waals surface area contributed by atoms with Crippen LogP contribution in [0.1, 0.15) is 0 Å². The van der Waals surface area contributed by atoms with Crippen molar-refractivity contribution in [2.45, 2.75) is 30.0 Å². The van der Waals surface area contributed by atoms with Gasteiger partial charge in [-0.3, -0.25) is 9.59 Å². The fourth-order valence-corrected chi connectivity index (χ4v) is 11.1. The summed E-state index contributed by atoms with van der Waals surface area (Å²) in [5.74, 6) is 1.51. The van der Waals surface area contributed by atoms with Gasteiger partial charge in [0.25, 0.3) is 0 Å². The topological polar surface area (TPSA) is 110 Å². The number of halogens is 3. The zero-order valence-electron chi connectivity index (χ0n) is 29.2. The molecule has 0 radical (unpaired) electrons. The lowest BCUT2D eigenvalue weighted by Gasteiger charge is -2.14. The number of hydrogen-bond donors (Lipinski definition) is 0. The van der Waals surface area contributed by atoms with E-state index in [0.29, 0.717) is 5.39 Å². The van der Waals surface area contributed by atoms with Gasteiger partial charge in [-0.2, -0.15) is 13.2 Å². The molecule has 8 aromatic rings. The Morgan fingerprint density at radius 2 is 1.12 bits per heavy atom. The lowest BCUT2D eigenvalue weighted by molar-refractivity contribution is -0.0517. The lowest BCUT2D eigenvalue weighted by atomic mass is 10.2. The summed E-state index contributed by atoms with van der Waals surface area (Å²) in [6.07, 6.45) is 0. The van der Waals surface area contributed by atoms with Gasteiger partial charge in [-0.25, -0.2) is 8.42 Å². The summed E-state index contributed by atoms with van der Waals surface area (Å²) < 4.78 is 74.5. The van der Waals surface area contributed by atoms with E-state index in [2.05, 4.69) is 48.5 Å². The van der Waals surface area contributed by atoms with Crippen molar-refractivity contribution in [3.8, 4) is 11.5 Å². The van der Waals surface area contributed by atoms with Crippen molar-refractivity contribution in [2.75, 3.05) is 14.2 Å². The Morgan fingerprint density at radius 1 is 0.607 bits per heavy atom. The summed E-state index contributed by atoms with van der Waals surface area (Å²) in [5.41, 5.74) is -5.55. The Hall–Kier alpha value is -4.90. The van der Waals surface area contributed by atoms with Gasteiger partial charge in [-0.05, 0) is 84.9 Å². The highest BCUT2D eigenvalue weighted by Gasteiger charge is 2.37. The standard InChI is InChI=1S/C40H27O4S4.CHF3O3S/c1-43-24-8-7-9-27(20-24)48(28-16-18-37-32(23-28)40(42)30-11-4-6-13-35(30)47-37)38-19-15-26(22-33(38)44-2)45-25-14-17-36-31(21-25)39(41)29-10-3-5-12-34(29)46-36;2-1(3,4)8(5,6)7/h3-23H,1-2H3;(H,5,6,7)/q+1;/p-1. The maximum absolute atomic E-state index is 13.7. The average Bonchev–Trinajstić information content (AvgIpc) is 3.18. The van der Waals surface area contributed by atoms with E-state index < -0.39 is 26.5 Å². The van der Waals surface area contributed by atoms with Crippen LogP contribution in [0.25, 0.3) is 40.3 Å². The molecule has 8 rings (SSSR count). The molecule has 7 nitrogen and oxygen atoms in total. The molecule has 6 aromatic carbocycles. The van der Waals surface area contributed by atoms with Crippen LogP contribution < -0.4 is 20.3 Å². The second-order valence-electron chi connectivity index (χ2n) is 12.0. The van der Waals surface area contributed by atoms with E-state index >= 15 is 0 Å². The first kappa shape index (κ1) is 39.3.